The van der Waals surface area contributed by atoms with Gasteiger partial charge >= 0.3 is 5.97 Å². The second-order valence-electron chi connectivity index (χ2n) is 4.46. The van der Waals surface area contributed by atoms with E-state index in [9.17, 15) is 9.90 Å². The Labute approximate surface area is 99.3 Å². The molecule has 0 saturated heterocycles. The van der Waals surface area contributed by atoms with E-state index < -0.39 is 5.97 Å². The van der Waals surface area contributed by atoms with Crippen molar-refractivity contribution < 1.29 is 9.90 Å². The van der Waals surface area contributed by atoms with Crippen LogP contribution in [0.25, 0.3) is 5.57 Å². The number of aryl methyl sites for hydroxylation is 1. The molecule has 1 aliphatic carbocycles. The molecule has 0 spiro atoms. The Morgan fingerprint density at radius 1 is 1.41 bits per heavy atom. The van der Waals surface area contributed by atoms with Gasteiger partial charge in [-0.15, -0.1) is 0 Å². The van der Waals surface area contributed by atoms with Gasteiger partial charge in [-0.05, 0) is 31.3 Å². The Morgan fingerprint density at radius 3 is 3.00 bits per heavy atom. The van der Waals surface area contributed by atoms with Crippen molar-refractivity contribution in [3.63, 3.8) is 0 Å². The Balaban J connectivity index is 2.13. The summed E-state index contributed by atoms with van der Waals surface area (Å²) in [6.45, 7) is 0.846. The molecule has 3 rings (SSSR count). The molecule has 0 unspecified atom stereocenters. The second kappa shape index (κ2) is 3.87. The molecular weight excluding hydrogens is 216 g/mol. The summed E-state index contributed by atoms with van der Waals surface area (Å²) in [5.41, 5.74) is 3.04. The van der Waals surface area contributed by atoms with Gasteiger partial charge in [0.25, 0.3) is 0 Å². The van der Waals surface area contributed by atoms with Crippen LogP contribution in [0.5, 0.6) is 0 Å². The zero-order chi connectivity index (χ0) is 11.8. The van der Waals surface area contributed by atoms with E-state index in [0.717, 1.165) is 43.5 Å². The lowest BCUT2D eigenvalue weighted by molar-refractivity contribution is 0.0695. The molecule has 1 aromatic heterocycles. The van der Waals surface area contributed by atoms with Crippen molar-refractivity contribution in [2.45, 2.75) is 32.2 Å². The van der Waals surface area contributed by atoms with Crippen molar-refractivity contribution in [3.05, 3.63) is 35.2 Å². The highest BCUT2D eigenvalue weighted by Crippen LogP contribution is 2.30. The third kappa shape index (κ3) is 1.60. The molecule has 0 aromatic carbocycles. The lowest BCUT2D eigenvalue weighted by atomic mass is 9.98. The number of aromatic nitrogens is 2. The normalized spacial score (nSPS) is 18.0. The number of hydrogen-bond donors (Lipinski definition) is 1. The molecule has 2 aliphatic rings. The van der Waals surface area contributed by atoms with E-state index >= 15 is 0 Å². The topological polar surface area (TPSA) is 55.1 Å². The molecule has 4 heteroatoms. The first-order valence-electron chi connectivity index (χ1n) is 5.96. The van der Waals surface area contributed by atoms with E-state index in [-0.39, 0.29) is 0 Å². The Bertz CT molecular complexity index is 538. The van der Waals surface area contributed by atoms with Crippen molar-refractivity contribution in [2.24, 2.45) is 0 Å². The number of carboxylic acid groups (broad SMARTS) is 1. The molecule has 88 valence electrons. The van der Waals surface area contributed by atoms with Gasteiger partial charge in [0, 0.05) is 6.54 Å². The van der Waals surface area contributed by atoms with Crippen molar-refractivity contribution >= 4 is 11.5 Å². The molecule has 1 aromatic rings. The fraction of sp³-hybridized carbons (Fsp3) is 0.385. The first kappa shape index (κ1) is 10.3. The minimum absolute atomic E-state index is 0.420. The number of carbonyl (C=O) groups is 1. The van der Waals surface area contributed by atoms with Gasteiger partial charge in [0.05, 0.1) is 5.69 Å². The second-order valence-corrected chi connectivity index (χ2v) is 4.46. The first-order chi connectivity index (χ1) is 8.27. The molecule has 0 radical (unpaired) electrons. The standard InChI is InChI=1S/C13H14N2O2/c16-13(17)11-10-7-4-8-15(10)14-12(11)9-5-2-1-3-6-9/h1-2,5H,3-4,6-8H2,(H,16,17). The summed E-state index contributed by atoms with van der Waals surface area (Å²) in [5, 5.41) is 13.8. The van der Waals surface area contributed by atoms with Gasteiger partial charge in [-0.3, -0.25) is 4.68 Å². The number of aromatic carboxylic acids is 1. The molecule has 1 aliphatic heterocycles. The van der Waals surface area contributed by atoms with Gasteiger partial charge in [-0.1, -0.05) is 18.2 Å². The third-order valence-corrected chi connectivity index (χ3v) is 3.37. The zero-order valence-electron chi connectivity index (χ0n) is 9.52. The van der Waals surface area contributed by atoms with Crippen LogP contribution in [0, 0.1) is 0 Å². The maximum Gasteiger partial charge on any atom is 0.339 e. The number of rotatable bonds is 2. The summed E-state index contributed by atoms with van der Waals surface area (Å²) in [6.07, 6.45) is 9.73. The SMILES string of the molecule is O=C(O)c1c(C2=CC=CCC2)nn2c1CCC2. The van der Waals surface area contributed by atoms with Crippen LogP contribution in [0.4, 0.5) is 0 Å². The predicted octanol–water partition coefficient (Wildman–Crippen LogP) is 2.26. The van der Waals surface area contributed by atoms with E-state index in [1.807, 2.05) is 16.8 Å². The minimum atomic E-state index is -0.849. The summed E-state index contributed by atoms with van der Waals surface area (Å²) in [5.74, 6) is -0.849. The predicted molar refractivity (Wildman–Crippen MR) is 63.9 cm³/mol. The molecule has 0 bridgehead atoms. The number of carboxylic acids is 1. The highest BCUT2D eigenvalue weighted by atomic mass is 16.4. The summed E-state index contributed by atoms with van der Waals surface area (Å²) in [6, 6.07) is 0. The van der Waals surface area contributed by atoms with Crippen molar-refractivity contribution in [1.29, 1.82) is 0 Å². The van der Waals surface area contributed by atoms with Crippen molar-refractivity contribution in [1.82, 2.24) is 9.78 Å². The average molecular weight is 230 g/mol. The summed E-state index contributed by atoms with van der Waals surface area (Å²) in [7, 11) is 0. The van der Waals surface area contributed by atoms with E-state index in [2.05, 4.69) is 11.2 Å². The van der Waals surface area contributed by atoms with Crippen LogP contribution >= 0.6 is 0 Å². The van der Waals surface area contributed by atoms with E-state index in [1.54, 1.807) is 0 Å². The van der Waals surface area contributed by atoms with Crippen LogP contribution in [0.1, 0.15) is 41.0 Å². The Kier molecular flexibility index (Phi) is 2.35. The molecule has 1 N–H and O–H groups in total. The maximum atomic E-state index is 11.4. The van der Waals surface area contributed by atoms with Gasteiger partial charge in [-0.25, -0.2) is 4.79 Å². The van der Waals surface area contributed by atoms with Crippen LogP contribution in [0.2, 0.25) is 0 Å². The zero-order valence-corrected chi connectivity index (χ0v) is 9.52. The van der Waals surface area contributed by atoms with Gasteiger partial charge in [0.2, 0.25) is 0 Å². The Morgan fingerprint density at radius 2 is 2.29 bits per heavy atom. The fourth-order valence-corrected chi connectivity index (χ4v) is 2.58. The van der Waals surface area contributed by atoms with Crippen LogP contribution < -0.4 is 0 Å². The number of hydrogen-bond acceptors (Lipinski definition) is 2. The third-order valence-electron chi connectivity index (χ3n) is 3.37. The van der Waals surface area contributed by atoms with Crippen LogP contribution in [0.3, 0.4) is 0 Å². The van der Waals surface area contributed by atoms with Gasteiger partial charge in [-0.2, -0.15) is 5.10 Å². The smallest absolute Gasteiger partial charge is 0.339 e. The lowest BCUT2D eigenvalue weighted by Crippen LogP contribution is -2.03. The quantitative estimate of drug-likeness (QED) is 0.847. The highest BCUT2D eigenvalue weighted by molar-refractivity contribution is 5.95. The number of allylic oxidation sites excluding steroid dienone is 4. The van der Waals surface area contributed by atoms with Crippen molar-refractivity contribution in [2.75, 3.05) is 0 Å². The molecule has 0 atom stereocenters. The van der Waals surface area contributed by atoms with Gasteiger partial charge in [0.15, 0.2) is 0 Å². The molecular formula is C13H14N2O2. The van der Waals surface area contributed by atoms with Crippen LogP contribution in [-0.4, -0.2) is 20.9 Å². The fourth-order valence-electron chi connectivity index (χ4n) is 2.58. The maximum absolute atomic E-state index is 11.4. The first-order valence-corrected chi connectivity index (χ1v) is 5.96. The Hall–Kier alpha value is -1.84. The average Bonchev–Trinajstić information content (AvgIpc) is 2.88. The summed E-state index contributed by atoms with van der Waals surface area (Å²) >= 11 is 0. The minimum Gasteiger partial charge on any atom is -0.478 e. The highest BCUT2D eigenvalue weighted by Gasteiger charge is 2.27. The number of fused-ring (bicyclic) bond motifs is 1. The van der Waals surface area contributed by atoms with E-state index in [4.69, 9.17) is 0 Å². The van der Waals surface area contributed by atoms with Gasteiger partial charge < -0.3 is 5.11 Å². The molecule has 0 fully saturated rings. The monoisotopic (exact) mass is 230 g/mol. The number of nitrogens with zero attached hydrogens (tertiary/aromatic N) is 2. The van der Waals surface area contributed by atoms with Crippen LogP contribution in [0.15, 0.2) is 18.2 Å². The van der Waals surface area contributed by atoms with Crippen LogP contribution in [-0.2, 0) is 13.0 Å². The summed E-state index contributed by atoms with van der Waals surface area (Å²) < 4.78 is 1.86. The summed E-state index contributed by atoms with van der Waals surface area (Å²) in [4.78, 5) is 11.4. The van der Waals surface area contributed by atoms with Gasteiger partial charge in [0.1, 0.15) is 11.3 Å². The van der Waals surface area contributed by atoms with Crippen molar-refractivity contribution in [3.8, 4) is 0 Å². The molecule has 17 heavy (non-hydrogen) atoms. The van der Waals surface area contributed by atoms with E-state index in [1.165, 1.54) is 0 Å². The molecule has 0 amide bonds. The molecule has 2 heterocycles. The molecule has 0 saturated carbocycles. The molecule has 4 nitrogen and oxygen atoms in total. The largest absolute Gasteiger partial charge is 0.478 e. The van der Waals surface area contributed by atoms with E-state index in [0.29, 0.717) is 11.3 Å². The lowest BCUT2D eigenvalue weighted by Gasteiger charge is -2.07.